The number of rotatable bonds is 6. The third-order valence-corrected chi connectivity index (χ3v) is 3.81. The second-order valence-corrected chi connectivity index (χ2v) is 6.53. The van der Waals surface area contributed by atoms with Gasteiger partial charge in [0.05, 0.1) is 5.69 Å². The van der Waals surface area contributed by atoms with Gasteiger partial charge in [0.2, 0.25) is 0 Å². The van der Waals surface area contributed by atoms with Crippen LogP contribution in [0.4, 0.5) is 5.69 Å². The minimum Gasteiger partial charge on any atom is -0.452 e. The molecule has 1 aromatic heterocycles. The van der Waals surface area contributed by atoms with Crippen LogP contribution in [0.2, 0.25) is 0 Å². The Kier molecular flexibility index (Phi) is 5.96. The van der Waals surface area contributed by atoms with Crippen LogP contribution in [0.3, 0.4) is 0 Å². The lowest BCUT2D eigenvalue weighted by atomic mass is 10.0. The molecule has 0 spiro atoms. The lowest BCUT2D eigenvalue weighted by Crippen LogP contribution is -2.22. The summed E-state index contributed by atoms with van der Waals surface area (Å²) in [6.07, 6.45) is 0. The number of ether oxygens (including phenoxy) is 1. The van der Waals surface area contributed by atoms with E-state index in [0.717, 1.165) is 11.3 Å². The van der Waals surface area contributed by atoms with Gasteiger partial charge in [-0.1, -0.05) is 51.1 Å². The van der Waals surface area contributed by atoms with E-state index in [-0.39, 0.29) is 24.3 Å². The molecule has 0 fully saturated rings. The predicted octanol–water partition coefficient (Wildman–Crippen LogP) is 4.03. The third-order valence-electron chi connectivity index (χ3n) is 3.81. The molecule has 6 nitrogen and oxygen atoms in total. The molecule has 1 aromatic carbocycles. The molecule has 134 valence electrons. The van der Waals surface area contributed by atoms with Crippen LogP contribution in [0.25, 0.3) is 0 Å². The zero-order valence-corrected chi connectivity index (χ0v) is 15.3. The van der Waals surface area contributed by atoms with Crippen LogP contribution < -0.4 is 5.32 Å². The zero-order chi connectivity index (χ0) is 18.6. The van der Waals surface area contributed by atoms with Crippen LogP contribution in [-0.2, 0) is 9.53 Å². The minimum absolute atomic E-state index is 0.00417. The van der Waals surface area contributed by atoms with E-state index in [9.17, 15) is 9.59 Å². The summed E-state index contributed by atoms with van der Waals surface area (Å²) >= 11 is 0. The van der Waals surface area contributed by atoms with Crippen molar-refractivity contribution < 1.29 is 18.8 Å². The van der Waals surface area contributed by atoms with E-state index >= 15 is 0 Å². The zero-order valence-electron chi connectivity index (χ0n) is 15.3. The molecule has 0 aliphatic carbocycles. The highest BCUT2D eigenvalue weighted by Crippen LogP contribution is 2.24. The van der Waals surface area contributed by atoms with E-state index < -0.39 is 5.97 Å². The molecule has 2 aromatic rings. The van der Waals surface area contributed by atoms with Crippen molar-refractivity contribution in [2.45, 2.75) is 46.5 Å². The molecular formula is C19H24N2O4. The molecule has 0 saturated heterocycles. The molecule has 1 amide bonds. The number of carbonyl (C=O) groups is 2. The van der Waals surface area contributed by atoms with Crippen molar-refractivity contribution in [2.75, 3.05) is 11.9 Å². The Balaban J connectivity index is 2.01. The number of nitrogens with one attached hydrogen (secondary N) is 1. The van der Waals surface area contributed by atoms with Crippen LogP contribution in [0.1, 0.15) is 66.9 Å². The molecular weight excluding hydrogens is 320 g/mol. The van der Waals surface area contributed by atoms with Gasteiger partial charge in [0.15, 0.2) is 12.4 Å². The van der Waals surface area contributed by atoms with Gasteiger partial charge in [0.1, 0.15) is 5.56 Å². The summed E-state index contributed by atoms with van der Waals surface area (Å²) in [6.45, 7) is 9.19. The average Bonchev–Trinajstić information content (AvgIpc) is 2.95. The average molecular weight is 344 g/mol. The standard InChI is InChI=1S/C19H24N2O4/c1-11(2)14-8-6-7-9-15(14)20-16(22)10-24-19(23)17-13(5)21-25-18(17)12(3)4/h6-9,11-12H,10H2,1-5H3,(H,20,22). The van der Waals surface area contributed by atoms with Crippen molar-refractivity contribution in [3.8, 4) is 0 Å². The first-order chi connectivity index (χ1) is 11.8. The minimum atomic E-state index is -0.602. The lowest BCUT2D eigenvalue weighted by Gasteiger charge is -2.13. The summed E-state index contributed by atoms with van der Waals surface area (Å²) in [5.74, 6) is -0.257. The normalized spacial score (nSPS) is 11.0. The number of hydrogen-bond acceptors (Lipinski definition) is 5. The van der Waals surface area contributed by atoms with Crippen LogP contribution in [-0.4, -0.2) is 23.6 Å². The summed E-state index contributed by atoms with van der Waals surface area (Å²) in [7, 11) is 0. The Bertz CT molecular complexity index is 763. The summed E-state index contributed by atoms with van der Waals surface area (Å²) in [5.41, 5.74) is 2.51. The molecule has 1 N–H and O–H groups in total. The number of esters is 1. The molecule has 0 bridgehead atoms. The Morgan fingerprint density at radius 2 is 1.84 bits per heavy atom. The van der Waals surface area contributed by atoms with Crippen molar-refractivity contribution in [2.24, 2.45) is 0 Å². The number of aromatic nitrogens is 1. The van der Waals surface area contributed by atoms with Crippen LogP contribution in [0.15, 0.2) is 28.8 Å². The highest BCUT2D eigenvalue weighted by atomic mass is 16.5. The van der Waals surface area contributed by atoms with Crippen molar-refractivity contribution in [1.29, 1.82) is 0 Å². The van der Waals surface area contributed by atoms with E-state index in [1.165, 1.54) is 0 Å². The Labute approximate surface area is 147 Å². The topological polar surface area (TPSA) is 81.4 Å². The number of carbonyl (C=O) groups excluding carboxylic acids is 2. The maximum atomic E-state index is 12.3. The first-order valence-electron chi connectivity index (χ1n) is 8.33. The van der Waals surface area contributed by atoms with Crippen molar-refractivity contribution >= 4 is 17.6 Å². The van der Waals surface area contributed by atoms with Gasteiger partial charge in [-0.3, -0.25) is 4.79 Å². The maximum Gasteiger partial charge on any atom is 0.344 e. The van der Waals surface area contributed by atoms with Crippen molar-refractivity contribution in [3.05, 3.63) is 46.8 Å². The predicted molar refractivity (Wildman–Crippen MR) is 94.8 cm³/mol. The molecule has 2 rings (SSSR count). The molecule has 0 atom stereocenters. The van der Waals surface area contributed by atoms with Gasteiger partial charge in [-0.15, -0.1) is 0 Å². The van der Waals surface area contributed by atoms with Crippen LogP contribution >= 0.6 is 0 Å². The first-order valence-corrected chi connectivity index (χ1v) is 8.33. The highest BCUT2D eigenvalue weighted by molar-refractivity contribution is 5.96. The van der Waals surface area contributed by atoms with E-state index in [2.05, 4.69) is 10.5 Å². The Morgan fingerprint density at radius 1 is 1.16 bits per heavy atom. The van der Waals surface area contributed by atoms with E-state index in [0.29, 0.717) is 17.0 Å². The molecule has 0 aliphatic rings. The second kappa shape index (κ2) is 7.96. The van der Waals surface area contributed by atoms with Gasteiger partial charge >= 0.3 is 5.97 Å². The monoisotopic (exact) mass is 344 g/mol. The Morgan fingerprint density at radius 3 is 2.48 bits per heavy atom. The number of hydrogen-bond donors (Lipinski definition) is 1. The first kappa shape index (κ1) is 18.7. The molecule has 6 heteroatoms. The van der Waals surface area contributed by atoms with Crippen LogP contribution in [0.5, 0.6) is 0 Å². The molecule has 25 heavy (non-hydrogen) atoms. The van der Waals surface area contributed by atoms with Crippen molar-refractivity contribution in [1.82, 2.24) is 5.16 Å². The molecule has 0 unspecified atom stereocenters. The second-order valence-electron chi connectivity index (χ2n) is 6.53. The van der Waals surface area contributed by atoms with Gasteiger partial charge in [0.25, 0.3) is 5.91 Å². The SMILES string of the molecule is Cc1noc(C(C)C)c1C(=O)OCC(=O)Nc1ccccc1C(C)C. The van der Waals surface area contributed by atoms with Crippen LogP contribution in [0, 0.1) is 6.92 Å². The van der Waals surface area contributed by atoms with Gasteiger partial charge < -0.3 is 14.6 Å². The number of benzene rings is 1. The Hall–Kier alpha value is -2.63. The highest BCUT2D eigenvalue weighted by Gasteiger charge is 2.24. The largest absolute Gasteiger partial charge is 0.452 e. The van der Waals surface area contributed by atoms with Gasteiger partial charge in [-0.2, -0.15) is 0 Å². The summed E-state index contributed by atoms with van der Waals surface area (Å²) < 4.78 is 10.3. The van der Waals surface area contributed by atoms with E-state index in [1.54, 1.807) is 6.92 Å². The van der Waals surface area contributed by atoms with Crippen molar-refractivity contribution in [3.63, 3.8) is 0 Å². The lowest BCUT2D eigenvalue weighted by molar-refractivity contribution is -0.119. The summed E-state index contributed by atoms with van der Waals surface area (Å²) in [5, 5.41) is 6.60. The van der Waals surface area contributed by atoms with Gasteiger partial charge in [0, 0.05) is 11.6 Å². The van der Waals surface area contributed by atoms with Gasteiger partial charge in [-0.25, -0.2) is 4.79 Å². The maximum absolute atomic E-state index is 12.3. The third kappa shape index (κ3) is 4.47. The number of nitrogens with zero attached hydrogens (tertiary/aromatic N) is 1. The quantitative estimate of drug-likeness (QED) is 0.800. The molecule has 0 saturated carbocycles. The fraction of sp³-hybridized carbons (Fsp3) is 0.421. The summed E-state index contributed by atoms with van der Waals surface area (Å²) in [4.78, 5) is 24.4. The molecule has 1 heterocycles. The number of anilines is 1. The van der Waals surface area contributed by atoms with E-state index in [4.69, 9.17) is 9.26 Å². The smallest absolute Gasteiger partial charge is 0.344 e. The van der Waals surface area contributed by atoms with E-state index in [1.807, 2.05) is 52.0 Å². The number of amides is 1. The van der Waals surface area contributed by atoms with Gasteiger partial charge in [-0.05, 0) is 24.5 Å². The fourth-order valence-electron chi connectivity index (χ4n) is 2.53. The summed E-state index contributed by atoms with van der Waals surface area (Å²) in [6, 6.07) is 7.56. The number of aryl methyl sites for hydroxylation is 1. The molecule has 0 radical (unpaired) electrons. The fourth-order valence-corrected chi connectivity index (χ4v) is 2.53. The number of para-hydroxylation sites is 1. The molecule has 0 aliphatic heterocycles.